The lowest BCUT2D eigenvalue weighted by atomic mass is 10.1. The van der Waals surface area contributed by atoms with E-state index >= 15 is 0 Å². The van der Waals surface area contributed by atoms with E-state index in [-0.39, 0.29) is 0 Å². The largest absolute Gasteiger partial charge is 0.463 e. The zero-order valence-electron chi connectivity index (χ0n) is 18.7. The summed E-state index contributed by atoms with van der Waals surface area (Å²) < 4.78 is 10.2. The van der Waals surface area contributed by atoms with E-state index in [0.29, 0.717) is 19.1 Å². The summed E-state index contributed by atoms with van der Waals surface area (Å²) >= 11 is 0. The molecule has 4 nitrogen and oxygen atoms in total. The molecule has 1 unspecified atom stereocenters. The van der Waals surface area contributed by atoms with Gasteiger partial charge in [-0.25, -0.2) is 9.59 Å². The van der Waals surface area contributed by atoms with Gasteiger partial charge in [0.2, 0.25) is 0 Å². The van der Waals surface area contributed by atoms with Gasteiger partial charge in [-0.3, -0.25) is 0 Å². The molecule has 0 aromatic rings. The Kier molecular flexibility index (Phi) is 19.5. The summed E-state index contributed by atoms with van der Waals surface area (Å²) in [6.45, 7) is 7.21. The van der Waals surface area contributed by atoms with E-state index in [1.807, 2.05) is 6.92 Å². The maximum Gasteiger partial charge on any atom is 0.331 e. The third kappa shape index (κ3) is 19.4. The van der Waals surface area contributed by atoms with Gasteiger partial charge in [-0.05, 0) is 18.8 Å². The van der Waals surface area contributed by atoms with Crippen LogP contribution in [0.25, 0.3) is 0 Å². The molecule has 0 aromatic heterocycles. The first kappa shape index (κ1) is 26.7. The molecule has 1 atom stereocenters. The highest BCUT2D eigenvalue weighted by atomic mass is 16.5. The van der Waals surface area contributed by atoms with Crippen LogP contribution in [0.5, 0.6) is 0 Å². The number of esters is 2. The molecule has 0 bridgehead atoms. The maximum atomic E-state index is 11.6. The summed E-state index contributed by atoms with van der Waals surface area (Å²) in [7, 11) is 0. The van der Waals surface area contributed by atoms with Crippen molar-refractivity contribution in [3.8, 4) is 0 Å². The zero-order chi connectivity index (χ0) is 20.9. The number of carbonyl (C=O) groups is 2. The lowest BCUT2D eigenvalue weighted by Gasteiger charge is -2.09. The summed E-state index contributed by atoms with van der Waals surface area (Å²) in [6, 6.07) is 0. The quantitative estimate of drug-likeness (QED) is 0.137. The second kappa shape index (κ2) is 20.4. The Bertz CT molecular complexity index is 403. The minimum atomic E-state index is -0.481. The van der Waals surface area contributed by atoms with Gasteiger partial charge in [0.1, 0.15) is 0 Å². The molecule has 0 fully saturated rings. The molecular weight excluding hydrogens is 352 g/mol. The van der Waals surface area contributed by atoms with Gasteiger partial charge >= 0.3 is 11.9 Å². The molecule has 0 radical (unpaired) electrons. The van der Waals surface area contributed by atoms with Crippen molar-refractivity contribution >= 4 is 11.9 Å². The van der Waals surface area contributed by atoms with Crippen molar-refractivity contribution < 1.29 is 19.1 Å². The highest BCUT2D eigenvalue weighted by molar-refractivity contribution is 5.91. The number of hydrogen-bond acceptors (Lipinski definition) is 4. The van der Waals surface area contributed by atoms with Crippen molar-refractivity contribution in [2.75, 3.05) is 13.2 Å². The van der Waals surface area contributed by atoms with Gasteiger partial charge in [0.25, 0.3) is 0 Å². The standard InChI is InChI=1S/C24H44O4/c1-4-6-7-8-9-10-11-12-13-14-15-16-20-27-23(25)18-19-24(26)28-21-22(3)17-5-2/h18-19,22H,4-17,20-21H2,1-3H3/b19-18+. The molecule has 0 saturated heterocycles. The Morgan fingerprint density at radius 2 is 1.14 bits per heavy atom. The molecule has 0 heterocycles. The molecule has 0 aliphatic carbocycles. The summed E-state index contributed by atoms with van der Waals surface area (Å²) in [4.78, 5) is 23.1. The summed E-state index contributed by atoms with van der Waals surface area (Å²) in [5.41, 5.74) is 0. The minimum absolute atomic E-state index is 0.347. The van der Waals surface area contributed by atoms with Crippen LogP contribution in [-0.4, -0.2) is 25.2 Å². The Labute approximate surface area is 173 Å². The first-order chi connectivity index (χ1) is 13.6. The highest BCUT2D eigenvalue weighted by Crippen LogP contribution is 2.12. The van der Waals surface area contributed by atoms with Crippen LogP contribution in [0.15, 0.2) is 12.2 Å². The van der Waals surface area contributed by atoms with Gasteiger partial charge < -0.3 is 9.47 Å². The zero-order valence-corrected chi connectivity index (χ0v) is 18.7. The molecule has 0 spiro atoms. The first-order valence-electron chi connectivity index (χ1n) is 11.6. The average molecular weight is 397 g/mol. The predicted molar refractivity (Wildman–Crippen MR) is 116 cm³/mol. The lowest BCUT2D eigenvalue weighted by Crippen LogP contribution is -2.10. The van der Waals surface area contributed by atoms with Gasteiger partial charge in [0.15, 0.2) is 0 Å². The van der Waals surface area contributed by atoms with E-state index in [1.54, 1.807) is 0 Å². The minimum Gasteiger partial charge on any atom is -0.463 e. The number of rotatable bonds is 19. The summed E-state index contributed by atoms with van der Waals surface area (Å²) in [5.74, 6) is -0.605. The second-order valence-corrected chi connectivity index (χ2v) is 7.91. The fourth-order valence-corrected chi connectivity index (χ4v) is 3.15. The van der Waals surface area contributed by atoms with Crippen LogP contribution >= 0.6 is 0 Å². The summed E-state index contributed by atoms with van der Waals surface area (Å²) in [5, 5.41) is 0. The van der Waals surface area contributed by atoms with Gasteiger partial charge in [-0.1, -0.05) is 97.8 Å². The molecule has 164 valence electrons. The number of hydrogen-bond donors (Lipinski definition) is 0. The third-order valence-corrected chi connectivity index (χ3v) is 4.89. The lowest BCUT2D eigenvalue weighted by molar-refractivity contribution is -0.141. The third-order valence-electron chi connectivity index (χ3n) is 4.89. The highest BCUT2D eigenvalue weighted by Gasteiger charge is 2.05. The number of carbonyl (C=O) groups excluding carboxylic acids is 2. The molecule has 0 aromatic carbocycles. The first-order valence-corrected chi connectivity index (χ1v) is 11.6. The topological polar surface area (TPSA) is 52.6 Å². The SMILES string of the molecule is CCCCCCCCCCCCCCOC(=O)/C=C/C(=O)OCC(C)CCC. The Morgan fingerprint density at radius 3 is 1.64 bits per heavy atom. The maximum absolute atomic E-state index is 11.6. The second-order valence-electron chi connectivity index (χ2n) is 7.91. The smallest absolute Gasteiger partial charge is 0.331 e. The van der Waals surface area contributed by atoms with Gasteiger partial charge in [-0.2, -0.15) is 0 Å². The summed E-state index contributed by atoms with van der Waals surface area (Å²) in [6.07, 6.45) is 19.7. The van der Waals surface area contributed by atoms with Gasteiger partial charge in [-0.15, -0.1) is 0 Å². The number of unbranched alkanes of at least 4 members (excludes halogenated alkanes) is 11. The average Bonchev–Trinajstić information content (AvgIpc) is 2.68. The van der Waals surface area contributed by atoms with Crippen LogP contribution < -0.4 is 0 Å². The van der Waals surface area contributed by atoms with E-state index < -0.39 is 11.9 Å². The van der Waals surface area contributed by atoms with E-state index in [1.165, 1.54) is 64.2 Å². The fourth-order valence-electron chi connectivity index (χ4n) is 3.15. The molecule has 0 aliphatic heterocycles. The molecular formula is C24H44O4. The normalized spacial score (nSPS) is 12.2. The number of ether oxygens (including phenoxy) is 2. The van der Waals surface area contributed by atoms with Crippen LogP contribution in [0, 0.1) is 5.92 Å². The van der Waals surface area contributed by atoms with Crippen LogP contribution in [0.4, 0.5) is 0 Å². The fraction of sp³-hybridized carbons (Fsp3) is 0.833. The van der Waals surface area contributed by atoms with Crippen molar-refractivity contribution in [2.24, 2.45) is 5.92 Å². The molecule has 4 heteroatoms. The Hall–Kier alpha value is -1.32. The monoisotopic (exact) mass is 396 g/mol. The van der Waals surface area contributed by atoms with Crippen molar-refractivity contribution in [1.29, 1.82) is 0 Å². The van der Waals surface area contributed by atoms with Gasteiger partial charge in [0, 0.05) is 12.2 Å². The molecule has 0 rings (SSSR count). The van der Waals surface area contributed by atoms with Crippen molar-refractivity contribution in [3.63, 3.8) is 0 Å². The van der Waals surface area contributed by atoms with Crippen LogP contribution in [-0.2, 0) is 19.1 Å². The molecule has 0 N–H and O–H groups in total. The molecule has 0 saturated carbocycles. The molecule has 0 aliphatic rings. The molecule has 28 heavy (non-hydrogen) atoms. The Balaban J connectivity index is 3.44. The van der Waals surface area contributed by atoms with E-state index in [9.17, 15) is 9.59 Å². The predicted octanol–water partition coefficient (Wildman–Crippen LogP) is 6.77. The Morgan fingerprint density at radius 1 is 0.679 bits per heavy atom. The van der Waals surface area contributed by atoms with Crippen LogP contribution in [0.3, 0.4) is 0 Å². The van der Waals surface area contributed by atoms with Crippen LogP contribution in [0.1, 0.15) is 111 Å². The van der Waals surface area contributed by atoms with E-state index in [4.69, 9.17) is 9.47 Å². The van der Waals surface area contributed by atoms with Crippen LogP contribution in [0.2, 0.25) is 0 Å². The van der Waals surface area contributed by atoms with Gasteiger partial charge in [0.05, 0.1) is 13.2 Å². The van der Waals surface area contributed by atoms with E-state index in [0.717, 1.165) is 37.8 Å². The van der Waals surface area contributed by atoms with Crippen molar-refractivity contribution in [2.45, 2.75) is 111 Å². The van der Waals surface area contributed by atoms with Crippen molar-refractivity contribution in [1.82, 2.24) is 0 Å². The molecule has 0 amide bonds. The van der Waals surface area contributed by atoms with E-state index in [2.05, 4.69) is 13.8 Å². The van der Waals surface area contributed by atoms with Crippen molar-refractivity contribution in [3.05, 3.63) is 12.2 Å².